The zero-order valence-corrected chi connectivity index (χ0v) is 15.2. The van der Waals surface area contributed by atoms with Crippen LogP contribution >= 0.6 is 0 Å². The van der Waals surface area contributed by atoms with Crippen molar-refractivity contribution >= 4 is 23.5 Å². The van der Waals surface area contributed by atoms with E-state index in [-0.39, 0.29) is 23.7 Å². The SMILES string of the molecule is O=C(Nc1cccc(C(=O)N2CC3CCCC3C2C(=O)O)c1)c1cccnc1. The van der Waals surface area contributed by atoms with Gasteiger partial charge in [0, 0.05) is 30.2 Å². The van der Waals surface area contributed by atoms with Crippen molar-refractivity contribution in [1.82, 2.24) is 9.88 Å². The summed E-state index contributed by atoms with van der Waals surface area (Å²) < 4.78 is 0. The first kappa shape index (κ1) is 18.2. The molecule has 1 aromatic heterocycles. The number of aliphatic carboxylic acids is 1. The van der Waals surface area contributed by atoms with Gasteiger partial charge in [-0.05, 0) is 55.0 Å². The van der Waals surface area contributed by atoms with Crippen LogP contribution in [0.15, 0.2) is 48.8 Å². The third-order valence-electron chi connectivity index (χ3n) is 5.70. The van der Waals surface area contributed by atoms with E-state index in [0.29, 0.717) is 23.4 Å². The molecule has 1 saturated heterocycles. The van der Waals surface area contributed by atoms with E-state index >= 15 is 0 Å². The zero-order chi connectivity index (χ0) is 19.7. The molecule has 4 rings (SSSR count). The number of hydrogen-bond donors (Lipinski definition) is 2. The highest BCUT2D eigenvalue weighted by Gasteiger charge is 2.49. The number of amides is 2. The summed E-state index contributed by atoms with van der Waals surface area (Å²) in [6, 6.07) is 9.16. The number of fused-ring (bicyclic) bond motifs is 1. The molecule has 7 nitrogen and oxygen atoms in total. The van der Waals surface area contributed by atoms with E-state index in [1.165, 1.54) is 11.1 Å². The zero-order valence-electron chi connectivity index (χ0n) is 15.2. The highest BCUT2D eigenvalue weighted by Crippen LogP contribution is 2.42. The molecule has 144 valence electrons. The van der Waals surface area contributed by atoms with Crippen molar-refractivity contribution < 1.29 is 19.5 Å². The second-order valence-electron chi connectivity index (χ2n) is 7.37. The van der Waals surface area contributed by atoms with Crippen LogP contribution in [-0.2, 0) is 4.79 Å². The summed E-state index contributed by atoms with van der Waals surface area (Å²) in [6.45, 7) is 0.479. The normalized spacial score (nSPS) is 23.3. The number of likely N-dealkylation sites (tertiary alicyclic amines) is 1. The Kier molecular flexibility index (Phi) is 4.81. The van der Waals surface area contributed by atoms with Crippen molar-refractivity contribution in [3.63, 3.8) is 0 Å². The van der Waals surface area contributed by atoms with Crippen LogP contribution in [0.1, 0.15) is 40.0 Å². The number of nitrogens with one attached hydrogen (secondary N) is 1. The van der Waals surface area contributed by atoms with E-state index in [9.17, 15) is 19.5 Å². The molecule has 1 aliphatic carbocycles. The number of anilines is 1. The summed E-state index contributed by atoms with van der Waals surface area (Å²) in [5.74, 6) is -1.27. The van der Waals surface area contributed by atoms with Gasteiger partial charge in [-0.15, -0.1) is 0 Å². The van der Waals surface area contributed by atoms with E-state index in [1.54, 1.807) is 42.6 Å². The summed E-state index contributed by atoms with van der Waals surface area (Å²) in [5, 5.41) is 12.4. The predicted molar refractivity (Wildman–Crippen MR) is 102 cm³/mol. The van der Waals surface area contributed by atoms with Crippen LogP contribution in [0.2, 0.25) is 0 Å². The van der Waals surface area contributed by atoms with Crippen molar-refractivity contribution in [2.45, 2.75) is 25.3 Å². The van der Waals surface area contributed by atoms with Crippen LogP contribution < -0.4 is 5.32 Å². The Morgan fingerprint density at radius 3 is 2.68 bits per heavy atom. The molecule has 3 unspecified atom stereocenters. The largest absolute Gasteiger partial charge is 0.480 e. The third kappa shape index (κ3) is 3.35. The quantitative estimate of drug-likeness (QED) is 0.851. The fourth-order valence-corrected chi connectivity index (χ4v) is 4.43. The van der Waals surface area contributed by atoms with Gasteiger partial charge in [0.25, 0.3) is 11.8 Å². The molecule has 2 N–H and O–H groups in total. The maximum atomic E-state index is 13.0. The summed E-state index contributed by atoms with van der Waals surface area (Å²) >= 11 is 0. The molecular formula is C21H21N3O4. The Labute approximate surface area is 162 Å². The lowest BCUT2D eigenvalue weighted by Crippen LogP contribution is -2.43. The fraction of sp³-hybridized carbons (Fsp3) is 0.333. The number of carbonyl (C=O) groups is 3. The van der Waals surface area contributed by atoms with Gasteiger partial charge in [0.1, 0.15) is 6.04 Å². The molecule has 1 aliphatic heterocycles. The van der Waals surface area contributed by atoms with E-state index in [2.05, 4.69) is 10.3 Å². The second-order valence-corrected chi connectivity index (χ2v) is 7.37. The van der Waals surface area contributed by atoms with E-state index in [0.717, 1.165) is 19.3 Å². The van der Waals surface area contributed by atoms with E-state index < -0.39 is 12.0 Å². The maximum Gasteiger partial charge on any atom is 0.326 e. The van der Waals surface area contributed by atoms with Gasteiger partial charge in [0.05, 0.1) is 5.56 Å². The van der Waals surface area contributed by atoms with Crippen molar-refractivity contribution in [2.24, 2.45) is 11.8 Å². The van der Waals surface area contributed by atoms with Crippen LogP contribution in [-0.4, -0.2) is 45.4 Å². The summed E-state index contributed by atoms with van der Waals surface area (Å²) in [5.41, 5.74) is 1.26. The minimum Gasteiger partial charge on any atom is -0.480 e. The lowest BCUT2D eigenvalue weighted by Gasteiger charge is -2.24. The highest BCUT2D eigenvalue weighted by molar-refractivity contribution is 6.05. The van der Waals surface area contributed by atoms with E-state index in [4.69, 9.17) is 0 Å². The number of rotatable bonds is 4. The average Bonchev–Trinajstić information content (AvgIpc) is 3.29. The second kappa shape index (κ2) is 7.42. The van der Waals surface area contributed by atoms with Gasteiger partial charge in [-0.1, -0.05) is 12.5 Å². The first-order chi connectivity index (χ1) is 13.5. The molecule has 1 aromatic carbocycles. The molecular weight excluding hydrogens is 358 g/mol. The van der Waals surface area contributed by atoms with Gasteiger partial charge in [-0.2, -0.15) is 0 Å². The van der Waals surface area contributed by atoms with Crippen LogP contribution in [0.4, 0.5) is 5.69 Å². The molecule has 3 atom stereocenters. The van der Waals surface area contributed by atoms with Gasteiger partial charge < -0.3 is 15.3 Å². The lowest BCUT2D eigenvalue weighted by atomic mass is 9.94. The Hall–Kier alpha value is -3.22. The van der Waals surface area contributed by atoms with Crippen molar-refractivity contribution in [3.8, 4) is 0 Å². The van der Waals surface area contributed by atoms with Crippen molar-refractivity contribution in [1.29, 1.82) is 0 Å². The summed E-state index contributed by atoms with van der Waals surface area (Å²) in [4.78, 5) is 42.6. The first-order valence-electron chi connectivity index (χ1n) is 9.40. The fourth-order valence-electron chi connectivity index (χ4n) is 4.43. The number of hydrogen-bond acceptors (Lipinski definition) is 4. The minimum atomic E-state index is -0.941. The molecule has 2 fully saturated rings. The smallest absolute Gasteiger partial charge is 0.326 e. The predicted octanol–water partition coefficient (Wildman–Crippen LogP) is 2.66. The van der Waals surface area contributed by atoms with Gasteiger partial charge in [-0.3, -0.25) is 14.6 Å². The Bertz CT molecular complexity index is 915. The Balaban J connectivity index is 1.53. The number of nitrogens with zero attached hydrogens (tertiary/aromatic N) is 2. The molecule has 7 heteroatoms. The maximum absolute atomic E-state index is 13.0. The topological polar surface area (TPSA) is 99.6 Å². The van der Waals surface area contributed by atoms with Crippen LogP contribution in [0.25, 0.3) is 0 Å². The molecule has 0 bridgehead atoms. The minimum absolute atomic E-state index is 0.0370. The molecule has 2 heterocycles. The average molecular weight is 379 g/mol. The number of carboxylic acids is 1. The number of pyridine rings is 1. The van der Waals surface area contributed by atoms with Crippen molar-refractivity contribution in [3.05, 3.63) is 59.9 Å². The molecule has 28 heavy (non-hydrogen) atoms. The number of carboxylic acid groups (broad SMARTS) is 1. The van der Waals surface area contributed by atoms with Gasteiger partial charge >= 0.3 is 5.97 Å². The Morgan fingerprint density at radius 1 is 1.11 bits per heavy atom. The molecule has 0 radical (unpaired) electrons. The standard InChI is InChI=1S/C21H21N3O4/c25-19(14-6-3-9-22-11-14)23-16-7-1-4-13(10-16)20(26)24-12-15-5-2-8-17(15)18(24)21(27)28/h1,3-4,6-7,9-11,15,17-18H,2,5,8,12H2,(H,23,25)(H,27,28). The van der Waals surface area contributed by atoms with Gasteiger partial charge in [-0.25, -0.2) is 4.79 Å². The highest BCUT2D eigenvalue weighted by atomic mass is 16.4. The Morgan fingerprint density at radius 2 is 1.93 bits per heavy atom. The lowest BCUT2D eigenvalue weighted by molar-refractivity contribution is -0.142. The molecule has 2 aromatic rings. The third-order valence-corrected chi connectivity index (χ3v) is 5.70. The number of carbonyl (C=O) groups excluding carboxylic acids is 2. The summed E-state index contributed by atoms with van der Waals surface area (Å²) in [7, 11) is 0. The molecule has 2 amide bonds. The summed E-state index contributed by atoms with van der Waals surface area (Å²) in [6.07, 6.45) is 5.90. The van der Waals surface area contributed by atoms with Crippen molar-refractivity contribution in [2.75, 3.05) is 11.9 Å². The number of benzene rings is 1. The van der Waals surface area contributed by atoms with Crippen LogP contribution in [0.5, 0.6) is 0 Å². The van der Waals surface area contributed by atoms with Gasteiger partial charge in [0.15, 0.2) is 0 Å². The van der Waals surface area contributed by atoms with Gasteiger partial charge in [0.2, 0.25) is 0 Å². The first-order valence-corrected chi connectivity index (χ1v) is 9.40. The van der Waals surface area contributed by atoms with Crippen LogP contribution in [0.3, 0.4) is 0 Å². The van der Waals surface area contributed by atoms with Crippen LogP contribution in [0, 0.1) is 11.8 Å². The monoisotopic (exact) mass is 379 g/mol. The molecule has 1 saturated carbocycles. The molecule has 0 spiro atoms. The number of aromatic nitrogens is 1. The van der Waals surface area contributed by atoms with E-state index in [1.807, 2.05) is 0 Å². The molecule has 2 aliphatic rings.